The van der Waals surface area contributed by atoms with Crippen LogP contribution in [0.15, 0.2) is 72.8 Å². The van der Waals surface area contributed by atoms with Crippen molar-refractivity contribution in [3.63, 3.8) is 0 Å². The minimum Gasteiger partial charge on any atom is -0.489 e. The van der Waals surface area contributed by atoms with Crippen LogP contribution in [-0.4, -0.2) is 25.0 Å². The van der Waals surface area contributed by atoms with E-state index in [9.17, 15) is 9.59 Å². The molecule has 0 aliphatic carbocycles. The van der Waals surface area contributed by atoms with E-state index in [1.807, 2.05) is 50.2 Å². The van der Waals surface area contributed by atoms with Crippen molar-refractivity contribution in [2.24, 2.45) is 0 Å². The smallest absolute Gasteiger partial charge is 0.338 e. The Balaban J connectivity index is 1.53. The van der Waals surface area contributed by atoms with Crippen LogP contribution < -0.4 is 4.74 Å². The zero-order valence-corrected chi connectivity index (χ0v) is 16.0. The third kappa shape index (κ3) is 4.65. The summed E-state index contributed by atoms with van der Waals surface area (Å²) in [5.74, 6) is 0.300. The Kier molecular flexibility index (Phi) is 6.22. The van der Waals surface area contributed by atoms with Crippen molar-refractivity contribution in [3.05, 3.63) is 101 Å². The van der Waals surface area contributed by atoms with E-state index in [4.69, 9.17) is 9.47 Å². The molecule has 0 spiro atoms. The molecule has 0 saturated heterocycles. The van der Waals surface area contributed by atoms with Crippen molar-refractivity contribution < 1.29 is 19.1 Å². The van der Waals surface area contributed by atoms with Gasteiger partial charge in [0.15, 0.2) is 5.78 Å². The van der Waals surface area contributed by atoms with Crippen LogP contribution in [0, 0.1) is 13.8 Å². The number of para-hydroxylation sites is 1. The highest BCUT2D eigenvalue weighted by atomic mass is 16.6. The Labute approximate surface area is 164 Å². The summed E-state index contributed by atoms with van der Waals surface area (Å²) in [6.45, 7) is 4.39. The molecule has 0 radical (unpaired) electrons. The van der Waals surface area contributed by atoms with Crippen LogP contribution in [0.2, 0.25) is 0 Å². The minimum absolute atomic E-state index is 0.0810. The highest BCUT2D eigenvalue weighted by molar-refractivity contribution is 6.09. The predicted molar refractivity (Wildman–Crippen MR) is 108 cm³/mol. The van der Waals surface area contributed by atoms with E-state index >= 15 is 0 Å². The molecular weight excluding hydrogens is 352 g/mol. The molecule has 0 aliphatic rings. The quantitative estimate of drug-likeness (QED) is 0.340. The molecule has 142 valence electrons. The molecule has 0 heterocycles. The summed E-state index contributed by atoms with van der Waals surface area (Å²) in [5.41, 5.74) is 3.63. The lowest BCUT2D eigenvalue weighted by atomic mass is 10.0. The first kappa shape index (κ1) is 19.4. The second-order valence-corrected chi connectivity index (χ2v) is 6.48. The van der Waals surface area contributed by atoms with Crippen LogP contribution in [0.5, 0.6) is 5.75 Å². The van der Waals surface area contributed by atoms with E-state index in [-0.39, 0.29) is 19.0 Å². The second kappa shape index (κ2) is 9.00. The summed E-state index contributed by atoms with van der Waals surface area (Å²) >= 11 is 0. The monoisotopic (exact) mass is 374 g/mol. The molecule has 3 aromatic carbocycles. The number of rotatable bonds is 7. The summed E-state index contributed by atoms with van der Waals surface area (Å²) < 4.78 is 11.0. The predicted octanol–water partition coefficient (Wildman–Crippen LogP) is 4.77. The molecule has 0 bridgehead atoms. The first-order valence-electron chi connectivity index (χ1n) is 9.12. The highest BCUT2D eigenvalue weighted by Crippen LogP contribution is 2.22. The SMILES string of the molecule is Cc1cccc(C)c1OCCOC(=O)c1ccc(C(=O)c2ccccc2)cc1. The van der Waals surface area contributed by atoms with Crippen LogP contribution in [0.4, 0.5) is 0 Å². The van der Waals surface area contributed by atoms with E-state index in [2.05, 4.69) is 0 Å². The maximum Gasteiger partial charge on any atom is 0.338 e. The molecule has 3 rings (SSSR count). The fourth-order valence-electron chi connectivity index (χ4n) is 2.90. The van der Waals surface area contributed by atoms with E-state index < -0.39 is 5.97 Å². The van der Waals surface area contributed by atoms with Crippen molar-refractivity contribution >= 4 is 11.8 Å². The molecular formula is C24H22O4. The van der Waals surface area contributed by atoms with Crippen molar-refractivity contribution in [1.29, 1.82) is 0 Å². The highest BCUT2D eigenvalue weighted by Gasteiger charge is 2.12. The van der Waals surface area contributed by atoms with E-state index in [1.165, 1.54) is 0 Å². The molecule has 0 N–H and O–H groups in total. The van der Waals surface area contributed by atoms with Gasteiger partial charge in [-0.15, -0.1) is 0 Å². The van der Waals surface area contributed by atoms with Gasteiger partial charge in [0.1, 0.15) is 19.0 Å². The fourth-order valence-corrected chi connectivity index (χ4v) is 2.90. The van der Waals surface area contributed by atoms with Gasteiger partial charge in [0.2, 0.25) is 0 Å². The van der Waals surface area contributed by atoms with Crippen LogP contribution in [0.1, 0.15) is 37.4 Å². The lowest BCUT2D eigenvalue weighted by molar-refractivity contribution is 0.0449. The van der Waals surface area contributed by atoms with Crippen molar-refractivity contribution in [1.82, 2.24) is 0 Å². The van der Waals surface area contributed by atoms with Crippen molar-refractivity contribution in [3.8, 4) is 5.75 Å². The maximum absolute atomic E-state index is 12.4. The van der Waals surface area contributed by atoms with Crippen LogP contribution in [0.3, 0.4) is 0 Å². The molecule has 0 atom stereocenters. The molecule has 0 saturated carbocycles. The van der Waals surface area contributed by atoms with Crippen molar-refractivity contribution in [2.45, 2.75) is 13.8 Å². The number of aryl methyl sites for hydroxylation is 2. The molecule has 4 nitrogen and oxygen atoms in total. The number of benzene rings is 3. The average molecular weight is 374 g/mol. The number of hydrogen-bond acceptors (Lipinski definition) is 4. The van der Waals surface area contributed by atoms with Gasteiger partial charge in [0.05, 0.1) is 5.56 Å². The molecule has 3 aromatic rings. The van der Waals surface area contributed by atoms with Gasteiger partial charge in [0, 0.05) is 11.1 Å². The largest absolute Gasteiger partial charge is 0.489 e. The zero-order valence-electron chi connectivity index (χ0n) is 16.0. The number of ketones is 1. The number of carbonyl (C=O) groups is 2. The molecule has 4 heteroatoms. The number of esters is 1. The number of carbonyl (C=O) groups excluding carboxylic acids is 2. The van der Waals surface area contributed by atoms with Gasteiger partial charge in [-0.2, -0.15) is 0 Å². The summed E-state index contributed by atoms with van der Waals surface area (Å²) in [6.07, 6.45) is 0. The van der Waals surface area contributed by atoms with Crippen molar-refractivity contribution in [2.75, 3.05) is 13.2 Å². The summed E-state index contributed by atoms with van der Waals surface area (Å²) in [7, 11) is 0. The van der Waals surface area contributed by atoms with Crippen LogP contribution >= 0.6 is 0 Å². The van der Waals surface area contributed by atoms with Gasteiger partial charge < -0.3 is 9.47 Å². The summed E-state index contributed by atoms with van der Waals surface area (Å²) in [6, 6.07) is 21.4. The Morgan fingerprint density at radius 2 is 1.25 bits per heavy atom. The molecule has 0 aromatic heterocycles. The summed E-state index contributed by atoms with van der Waals surface area (Å²) in [4.78, 5) is 24.6. The lowest BCUT2D eigenvalue weighted by Crippen LogP contribution is -2.13. The van der Waals surface area contributed by atoms with Gasteiger partial charge in [-0.05, 0) is 37.1 Å². The molecule has 0 unspecified atom stereocenters. The minimum atomic E-state index is -0.441. The Bertz CT molecular complexity index is 939. The first-order valence-corrected chi connectivity index (χ1v) is 9.12. The standard InChI is InChI=1S/C24H22O4/c1-17-7-6-8-18(2)23(17)27-15-16-28-24(26)21-13-11-20(12-14-21)22(25)19-9-4-3-5-10-19/h3-14H,15-16H2,1-2H3. The fraction of sp³-hybridized carbons (Fsp3) is 0.167. The molecule has 28 heavy (non-hydrogen) atoms. The number of hydrogen-bond donors (Lipinski definition) is 0. The lowest BCUT2D eigenvalue weighted by Gasteiger charge is -2.12. The number of ether oxygens (including phenoxy) is 2. The van der Waals surface area contributed by atoms with Crippen LogP contribution in [0.25, 0.3) is 0 Å². The molecule has 0 amide bonds. The molecule has 0 aliphatic heterocycles. The Morgan fingerprint density at radius 1 is 0.679 bits per heavy atom. The van der Waals surface area contributed by atoms with E-state index in [0.29, 0.717) is 16.7 Å². The van der Waals surface area contributed by atoms with Gasteiger partial charge in [-0.3, -0.25) is 4.79 Å². The van der Waals surface area contributed by atoms with Gasteiger partial charge in [-0.25, -0.2) is 4.79 Å². The van der Waals surface area contributed by atoms with Crippen LogP contribution in [-0.2, 0) is 4.74 Å². The van der Waals surface area contributed by atoms with Gasteiger partial charge in [0.25, 0.3) is 0 Å². The molecule has 0 fully saturated rings. The average Bonchev–Trinajstić information content (AvgIpc) is 2.73. The summed E-state index contributed by atoms with van der Waals surface area (Å²) in [5, 5.41) is 0. The zero-order chi connectivity index (χ0) is 19.9. The van der Waals surface area contributed by atoms with Gasteiger partial charge >= 0.3 is 5.97 Å². The van der Waals surface area contributed by atoms with Gasteiger partial charge in [-0.1, -0.05) is 60.7 Å². The maximum atomic E-state index is 12.4. The second-order valence-electron chi connectivity index (χ2n) is 6.48. The normalized spacial score (nSPS) is 10.4. The third-order valence-corrected chi connectivity index (χ3v) is 4.39. The topological polar surface area (TPSA) is 52.6 Å². The third-order valence-electron chi connectivity index (χ3n) is 4.39. The Morgan fingerprint density at radius 3 is 1.89 bits per heavy atom. The van der Waals surface area contributed by atoms with E-state index in [0.717, 1.165) is 16.9 Å². The Hall–Kier alpha value is -3.40. The van der Waals surface area contributed by atoms with E-state index in [1.54, 1.807) is 36.4 Å². The first-order chi connectivity index (χ1) is 13.6.